The molecule has 1 aliphatic rings. The molecule has 0 amide bonds. The number of hydrogen-bond donors (Lipinski definition) is 0. The van der Waals surface area contributed by atoms with Crippen molar-refractivity contribution in [1.82, 2.24) is 4.98 Å². The van der Waals surface area contributed by atoms with Crippen molar-refractivity contribution in [3.63, 3.8) is 0 Å². The van der Waals surface area contributed by atoms with Gasteiger partial charge in [-0.25, -0.2) is 0 Å². The van der Waals surface area contributed by atoms with Crippen LogP contribution in [-0.2, 0) is 0 Å². The van der Waals surface area contributed by atoms with E-state index in [0.717, 1.165) is 28.4 Å². The molecule has 0 saturated heterocycles. The number of benzene rings is 1. The average molecular weight is 299 g/mol. The molecule has 106 valence electrons. The van der Waals surface area contributed by atoms with Crippen molar-refractivity contribution in [3.8, 4) is 0 Å². The summed E-state index contributed by atoms with van der Waals surface area (Å²) in [7, 11) is 0. The Morgan fingerprint density at radius 1 is 1.38 bits per heavy atom. The molecule has 0 fully saturated rings. The maximum absolute atomic E-state index is 11.0. The van der Waals surface area contributed by atoms with E-state index in [-0.39, 0.29) is 10.6 Å². The van der Waals surface area contributed by atoms with Crippen molar-refractivity contribution in [3.05, 3.63) is 69.4 Å². The minimum atomic E-state index is -0.361. The highest BCUT2D eigenvalue weighted by Crippen LogP contribution is 2.38. The van der Waals surface area contributed by atoms with Crippen LogP contribution in [0.4, 0.5) is 11.4 Å². The number of aryl methyl sites for hydroxylation is 1. The highest BCUT2D eigenvalue weighted by Gasteiger charge is 2.22. The molecule has 0 spiro atoms. The smallest absolute Gasteiger partial charge is 0.271 e. The van der Waals surface area contributed by atoms with Crippen LogP contribution in [0.25, 0.3) is 5.70 Å². The van der Waals surface area contributed by atoms with Gasteiger partial charge in [-0.2, -0.15) is 0 Å². The highest BCUT2D eigenvalue weighted by molar-refractivity contribution is 8.02. The van der Waals surface area contributed by atoms with Crippen molar-refractivity contribution < 1.29 is 4.92 Å². The van der Waals surface area contributed by atoms with Gasteiger partial charge in [0.05, 0.1) is 22.2 Å². The number of rotatable bonds is 3. The van der Waals surface area contributed by atoms with E-state index < -0.39 is 0 Å². The number of nitro groups is 1. The maximum Gasteiger partial charge on any atom is 0.271 e. The Labute approximate surface area is 126 Å². The van der Waals surface area contributed by atoms with Crippen LogP contribution in [-0.4, -0.2) is 15.8 Å². The first-order chi connectivity index (χ1) is 10.2. The van der Waals surface area contributed by atoms with Gasteiger partial charge in [-0.05, 0) is 30.0 Å². The molecule has 1 aliphatic heterocycles. The molecule has 0 radical (unpaired) electrons. The third-order valence-electron chi connectivity index (χ3n) is 3.34. The van der Waals surface area contributed by atoms with Crippen LogP contribution in [0, 0.1) is 17.0 Å². The summed E-state index contributed by atoms with van der Waals surface area (Å²) in [5.41, 5.74) is 4.02. The number of nitrogens with zero attached hydrogens (tertiary/aromatic N) is 3. The topological polar surface area (TPSA) is 59.3 Å². The van der Waals surface area contributed by atoms with Gasteiger partial charge in [0.1, 0.15) is 0 Å². The Balaban J connectivity index is 2.02. The van der Waals surface area contributed by atoms with Crippen molar-refractivity contribution in [2.24, 2.45) is 0 Å². The van der Waals surface area contributed by atoms with E-state index in [1.54, 1.807) is 36.3 Å². The summed E-state index contributed by atoms with van der Waals surface area (Å²) in [5, 5.41) is 13.1. The molecule has 0 atom stereocenters. The fraction of sp³-hybridized carbons (Fsp3) is 0.133. The van der Waals surface area contributed by atoms with Gasteiger partial charge in [0.15, 0.2) is 0 Å². The van der Waals surface area contributed by atoms with E-state index in [9.17, 15) is 10.1 Å². The lowest BCUT2D eigenvalue weighted by Crippen LogP contribution is -2.18. The normalized spacial score (nSPS) is 14.1. The lowest BCUT2D eigenvalue weighted by molar-refractivity contribution is -0.384. The van der Waals surface area contributed by atoms with Gasteiger partial charge in [-0.3, -0.25) is 15.1 Å². The second-order valence-corrected chi connectivity index (χ2v) is 5.52. The van der Waals surface area contributed by atoms with Gasteiger partial charge in [0.2, 0.25) is 0 Å². The van der Waals surface area contributed by atoms with E-state index in [4.69, 9.17) is 0 Å². The van der Waals surface area contributed by atoms with E-state index in [2.05, 4.69) is 15.3 Å². The molecule has 0 unspecified atom stereocenters. The van der Waals surface area contributed by atoms with Crippen molar-refractivity contribution in [1.29, 1.82) is 0 Å². The minimum Gasteiger partial charge on any atom is -0.330 e. The second-order valence-electron chi connectivity index (χ2n) is 4.70. The standard InChI is InChI=1S/C15H13N3O2S/c1-11-4-5-13(18(19)20)7-14(11)17-10-21-9-15(17)12-3-2-6-16-8-12/h2-9H,10H2,1H3. The average Bonchev–Trinajstić information content (AvgIpc) is 2.97. The van der Waals surface area contributed by atoms with E-state index in [1.165, 1.54) is 6.07 Å². The largest absolute Gasteiger partial charge is 0.330 e. The molecule has 2 heterocycles. The first kappa shape index (κ1) is 13.6. The molecule has 0 saturated carbocycles. The summed E-state index contributed by atoms with van der Waals surface area (Å²) < 4.78 is 0. The van der Waals surface area contributed by atoms with Gasteiger partial charge in [0, 0.05) is 30.1 Å². The quantitative estimate of drug-likeness (QED) is 0.637. The van der Waals surface area contributed by atoms with Crippen molar-refractivity contribution in [2.75, 3.05) is 10.8 Å². The van der Waals surface area contributed by atoms with Gasteiger partial charge < -0.3 is 4.90 Å². The fourth-order valence-corrected chi connectivity index (χ4v) is 3.19. The first-order valence-corrected chi connectivity index (χ1v) is 7.46. The second kappa shape index (κ2) is 5.57. The SMILES string of the molecule is Cc1ccc([N+](=O)[O-])cc1N1CSC=C1c1cccnc1. The van der Waals surface area contributed by atoms with Gasteiger partial charge in [-0.1, -0.05) is 6.07 Å². The maximum atomic E-state index is 11.0. The van der Waals surface area contributed by atoms with Gasteiger partial charge >= 0.3 is 0 Å². The minimum absolute atomic E-state index is 0.109. The van der Waals surface area contributed by atoms with Crippen LogP contribution >= 0.6 is 11.8 Å². The lowest BCUT2D eigenvalue weighted by atomic mass is 10.1. The highest BCUT2D eigenvalue weighted by atomic mass is 32.2. The Morgan fingerprint density at radius 2 is 2.24 bits per heavy atom. The molecular weight excluding hydrogens is 286 g/mol. The number of nitro benzene ring substituents is 1. The molecule has 5 nitrogen and oxygen atoms in total. The number of pyridine rings is 1. The number of anilines is 1. The third-order valence-corrected chi connectivity index (χ3v) is 4.14. The zero-order valence-electron chi connectivity index (χ0n) is 11.4. The number of hydrogen-bond acceptors (Lipinski definition) is 5. The summed E-state index contributed by atoms with van der Waals surface area (Å²) in [5.74, 6) is 0.742. The van der Waals surface area contributed by atoms with Gasteiger partial charge in [-0.15, -0.1) is 11.8 Å². The van der Waals surface area contributed by atoms with Crippen LogP contribution in [0.2, 0.25) is 0 Å². The Bertz CT molecular complexity index is 716. The Hall–Kier alpha value is -2.34. The molecule has 2 aromatic rings. The number of aromatic nitrogens is 1. The summed E-state index contributed by atoms with van der Waals surface area (Å²) in [4.78, 5) is 16.9. The van der Waals surface area contributed by atoms with Crippen LogP contribution in [0.5, 0.6) is 0 Å². The molecule has 3 rings (SSSR count). The molecule has 0 bridgehead atoms. The van der Waals surface area contributed by atoms with Gasteiger partial charge in [0.25, 0.3) is 5.69 Å². The zero-order valence-corrected chi connectivity index (χ0v) is 12.2. The fourth-order valence-electron chi connectivity index (χ4n) is 2.26. The zero-order chi connectivity index (χ0) is 14.8. The molecule has 0 aliphatic carbocycles. The Kier molecular flexibility index (Phi) is 3.62. The van der Waals surface area contributed by atoms with Crippen molar-refractivity contribution in [2.45, 2.75) is 6.92 Å². The molecule has 1 aromatic carbocycles. The van der Waals surface area contributed by atoms with E-state index in [0.29, 0.717) is 0 Å². The van der Waals surface area contributed by atoms with E-state index >= 15 is 0 Å². The van der Waals surface area contributed by atoms with Crippen LogP contribution < -0.4 is 4.90 Å². The van der Waals surface area contributed by atoms with Crippen LogP contribution in [0.15, 0.2) is 48.1 Å². The molecule has 1 aromatic heterocycles. The third kappa shape index (κ3) is 2.62. The lowest BCUT2D eigenvalue weighted by Gasteiger charge is -2.23. The predicted octanol–water partition coefficient (Wildman–Crippen LogP) is 3.81. The molecule has 0 N–H and O–H groups in total. The predicted molar refractivity (Wildman–Crippen MR) is 85.0 cm³/mol. The Morgan fingerprint density at radius 3 is 2.95 bits per heavy atom. The molecular formula is C15H13N3O2S. The first-order valence-electron chi connectivity index (χ1n) is 6.41. The van der Waals surface area contributed by atoms with Crippen LogP contribution in [0.1, 0.15) is 11.1 Å². The molecule has 6 heteroatoms. The number of non-ortho nitro benzene ring substituents is 1. The van der Waals surface area contributed by atoms with Crippen LogP contribution in [0.3, 0.4) is 0 Å². The number of thioether (sulfide) groups is 1. The summed E-state index contributed by atoms with van der Waals surface area (Å²) in [6.45, 7) is 1.96. The summed E-state index contributed by atoms with van der Waals surface area (Å²) >= 11 is 1.67. The molecule has 21 heavy (non-hydrogen) atoms. The summed E-state index contributed by atoms with van der Waals surface area (Å²) in [6, 6.07) is 8.83. The van der Waals surface area contributed by atoms with E-state index in [1.807, 2.05) is 19.1 Å². The summed E-state index contributed by atoms with van der Waals surface area (Å²) in [6.07, 6.45) is 3.53. The monoisotopic (exact) mass is 299 g/mol. The van der Waals surface area contributed by atoms with Crippen molar-refractivity contribution >= 4 is 28.8 Å².